The summed E-state index contributed by atoms with van der Waals surface area (Å²) in [5.74, 6) is -0.205. The van der Waals surface area contributed by atoms with Gasteiger partial charge < -0.3 is 9.73 Å². The third-order valence-corrected chi connectivity index (χ3v) is 3.02. The second-order valence-electron chi connectivity index (χ2n) is 4.61. The minimum atomic E-state index is -2.48. The van der Waals surface area contributed by atoms with Crippen molar-refractivity contribution < 1.29 is 13.2 Å². The summed E-state index contributed by atoms with van der Waals surface area (Å²) >= 11 is 0. The van der Waals surface area contributed by atoms with Gasteiger partial charge in [0.05, 0.1) is 5.56 Å². The van der Waals surface area contributed by atoms with E-state index in [0.717, 1.165) is 5.56 Å². The van der Waals surface area contributed by atoms with E-state index in [4.69, 9.17) is 4.42 Å². The highest BCUT2D eigenvalue weighted by molar-refractivity contribution is 5.50. The highest BCUT2D eigenvalue weighted by atomic mass is 19.3. The lowest BCUT2D eigenvalue weighted by Crippen LogP contribution is -2.03. The molecule has 9 heteroatoms. The van der Waals surface area contributed by atoms with E-state index < -0.39 is 12.2 Å². The first kappa shape index (κ1) is 14.8. The largest absolute Gasteiger partial charge is 0.434 e. The van der Waals surface area contributed by atoms with E-state index in [2.05, 4.69) is 25.5 Å². The molecule has 0 fully saturated rings. The van der Waals surface area contributed by atoms with Gasteiger partial charge in [0.2, 0.25) is 5.95 Å². The predicted molar refractivity (Wildman–Crippen MR) is 76.9 cm³/mol. The number of nitrogens with one attached hydrogen (secondary N) is 2. The Morgan fingerprint density at radius 2 is 1.87 bits per heavy atom. The number of hydrogen-bond donors (Lipinski definition) is 2. The third kappa shape index (κ3) is 3.57. The van der Waals surface area contributed by atoms with Gasteiger partial charge in [0.25, 0.3) is 12.3 Å². The fourth-order valence-electron chi connectivity index (χ4n) is 1.85. The van der Waals surface area contributed by atoms with E-state index in [9.17, 15) is 13.6 Å². The molecule has 0 saturated carbocycles. The monoisotopic (exact) mass is 319 g/mol. The fraction of sp³-hybridized carbons (Fsp3) is 0.143. The first-order valence-electron chi connectivity index (χ1n) is 6.60. The topological polar surface area (TPSA) is 96.7 Å². The molecule has 0 unspecified atom stereocenters. The molecular weight excluding hydrogens is 308 g/mol. The number of hydrogen-bond acceptors (Lipinski definition) is 6. The summed E-state index contributed by atoms with van der Waals surface area (Å²) in [4.78, 5) is 19.0. The molecule has 3 rings (SSSR count). The van der Waals surface area contributed by atoms with Gasteiger partial charge in [-0.25, -0.2) is 28.6 Å². The number of benzene rings is 1. The van der Waals surface area contributed by atoms with Crippen LogP contribution in [0.3, 0.4) is 0 Å². The summed E-state index contributed by atoms with van der Waals surface area (Å²) < 4.78 is 29.7. The van der Waals surface area contributed by atoms with Gasteiger partial charge in [-0.1, -0.05) is 24.3 Å². The zero-order valence-electron chi connectivity index (χ0n) is 11.7. The molecule has 7 nitrogen and oxygen atoms in total. The number of alkyl halides is 2. The minimum Gasteiger partial charge on any atom is -0.388 e. The van der Waals surface area contributed by atoms with Gasteiger partial charge in [-0.15, -0.1) is 5.10 Å². The summed E-state index contributed by atoms with van der Waals surface area (Å²) in [5, 5.41) is 8.77. The summed E-state index contributed by atoms with van der Waals surface area (Å²) in [6.07, 6.45) is 0.429. The Morgan fingerprint density at radius 3 is 2.43 bits per heavy atom. The number of H-pyrrole nitrogens is 1. The Balaban J connectivity index is 1.63. The van der Waals surface area contributed by atoms with Crippen molar-refractivity contribution in [2.24, 2.45) is 0 Å². The van der Waals surface area contributed by atoms with E-state index in [1.165, 1.54) is 24.5 Å². The predicted octanol–water partition coefficient (Wildman–Crippen LogP) is 2.37. The Morgan fingerprint density at radius 1 is 1.17 bits per heavy atom. The lowest BCUT2D eigenvalue weighted by Gasteiger charge is -2.06. The Labute approximate surface area is 128 Å². The first-order valence-corrected chi connectivity index (χ1v) is 6.60. The van der Waals surface area contributed by atoms with Crippen LogP contribution in [0.25, 0.3) is 11.5 Å². The van der Waals surface area contributed by atoms with E-state index in [-0.39, 0.29) is 11.5 Å². The molecule has 118 valence electrons. The van der Waals surface area contributed by atoms with Crippen LogP contribution >= 0.6 is 0 Å². The maximum absolute atomic E-state index is 12.5. The fourth-order valence-corrected chi connectivity index (χ4v) is 1.85. The number of nitrogens with zero attached hydrogens (tertiary/aromatic N) is 3. The van der Waals surface area contributed by atoms with E-state index in [0.29, 0.717) is 18.1 Å². The zero-order chi connectivity index (χ0) is 16.2. The molecule has 0 spiro atoms. The minimum absolute atomic E-state index is 0.0187. The second kappa shape index (κ2) is 6.34. The number of anilines is 1. The molecule has 0 amide bonds. The van der Waals surface area contributed by atoms with Gasteiger partial charge in [0, 0.05) is 24.5 Å². The quantitative estimate of drug-likeness (QED) is 0.749. The summed E-state index contributed by atoms with van der Waals surface area (Å²) in [6, 6.07) is 5.99. The molecular formula is C14H11F2N5O2. The number of aromatic amines is 1. The normalized spacial score (nSPS) is 10.9. The molecule has 0 aliphatic rings. The Hall–Kier alpha value is -3.10. The van der Waals surface area contributed by atoms with Crippen LogP contribution < -0.4 is 11.1 Å². The van der Waals surface area contributed by atoms with Crippen LogP contribution in [-0.4, -0.2) is 20.2 Å². The van der Waals surface area contributed by atoms with Crippen molar-refractivity contribution in [3.8, 4) is 11.5 Å². The zero-order valence-corrected chi connectivity index (χ0v) is 11.7. The van der Waals surface area contributed by atoms with Crippen molar-refractivity contribution in [1.82, 2.24) is 20.2 Å². The maximum atomic E-state index is 12.5. The average Bonchev–Trinajstić information content (AvgIpc) is 3.00. The number of aromatic nitrogens is 4. The van der Waals surface area contributed by atoms with E-state index in [1.54, 1.807) is 12.1 Å². The summed E-state index contributed by atoms with van der Waals surface area (Å²) in [7, 11) is 0. The molecule has 3 aromatic rings. The smallest absolute Gasteiger partial charge is 0.388 e. The van der Waals surface area contributed by atoms with Crippen molar-refractivity contribution >= 4 is 5.95 Å². The van der Waals surface area contributed by atoms with Crippen molar-refractivity contribution in [3.63, 3.8) is 0 Å². The number of halogens is 2. The van der Waals surface area contributed by atoms with Crippen LogP contribution in [0.4, 0.5) is 14.7 Å². The van der Waals surface area contributed by atoms with Gasteiger partial charge in [-0.2, -0.15) is 0 Å². The average molecular weight is 319 g/mol. The molecule has 23 heavy (non-hydrogen) atoms. The highest BCUT2D eigenvalue weighted by Gasteiger charge is 2.08. The van der Waals surface area contributed by atoms with E-state index in [1.807, 2.05) is 0 Å². The summed E-state index contributed by atoms with van der Waals surface area (Å²) in [6.45, 7) is 0.389. The van der Waals surface area contributed by atoms with Crippen LogP contribution in [0, 0.1) is 0 Å². The van der Waals surface area contributed by atoms with Gasteiger partial charge in [-0.3, -0.25) is 0 Å². The van der Waals surface area contributed by atoms with Gasteiger partial charge in [0.15, 0.2) is 0 Å². The van der Waals surface area contributed by atoms with Crippen molar-refractivity contribution in [3.05, 3.63) is 58.3 Å². The molecule has 2 aromatic heterocycles. The SMILES string of the molecule is O=c1[nH]nc(-c2cnc(NCc3ccc(C(F)F)cc3)nc2)o1. The highest BCUT2D eigenvalue weighted by Crippen LogP contribution is 2.19. The first-order chi connectivity index (χ1) is 11.1. The maximum Gasteiger partial charge on any atom is 0.434 e. The van der Waals surface area contributed by atoms with Gasteiger partial charge in [0.1, 0.15) is 0 Å². The van der Waals surface area contributed by atoms with Crippen molar-refractivity contribution in [2.75, 3.05) is 5.32 Å². The summed E-state index contributed by atoms with van der Waals surface area (Å²) in [5.41, 5.74) is 1.26. The van der Waals surface area contributed by atoms with Crippen LogP contribution in [0.15, 0.2) is 45.9 Å². The van der Waals surface area contributed by atoms with Crippen LogP contribution in [0.1, 0.15) is 17.6 Å². The molecule has 2 heterocycles. The lowest BCUT2D eigenvalue weighted by atomic mass is 10.1. The van der Waals surface area contributed by atoms with Crippen LogP contribution in [0.2, 0.25) is 0 Å². The number of rotatable bonds is 5. The van der Waals surface area contributed by atoms with Crippen LogP contribution in [-0.2, 0) is 6.54 Å². The molecule has 0 radical (unpaired) electrons. The Kier molecular flexibility index (Phi) is 4.09. The molecule has 0 bridgehead atoms. The molecule has 2 N–H and O–H groups in total. The lowest BCUT2D eigenvalue weighted by molar-refractivity contribution is 0.151. The van der Waals surface area contributed by atoms with Gasteiger partial charge >= 0.3 is 5.76 Å². The molecule has 0 aliphatic carbocycles. The molecule has 1 aromatic carbocycles. The standard InChI is InChI=1S/C14H11F2N5O2/c15-11(16)9-3-1-8(2-4-9)5-17-13-18-6-10(7-19-13)12-20-21-14(22)23-12/h1-4,6-7,11H,5H2,(H,21,22)(H,17,18,19). The third-order valence-electron chi connectivity index (χ3n) is 3.02. The van der Waals surface area contributed by atoms with E-state index >= 15 is 0 Å². The van der Waals surface area contributed by atoms with Gasteiger partial charge in [-0.05, 0) is 5.56 Å². The molecule has 0 aliphatic heterocycles. The van der Waals surface area contributed by atoms with Crippen molar-refractivity contribution in [1.29, 1.82) is 0 Å². The van der Waals surface area contributed by atoms with Crippen molar-refractivity contribution in [2.45, 2.75) is 13.0 Å². The van der Waals surface area contributed by atoms with Crippen LogP contribution in [0.5, 0.6) is 0 Å². The Bertz CT molecular complexity index is 827. The molecule has 0 atom stereocenters. The second-order valence-corrected chi connectivity index (χ2v) is 4.61. The molecule has 0 saturated heterocycles.